The van der Waals surface area contributed by atoms with Crippen LogP contribution in [0, 0.1) is 11.3 Å². The molecule has 1 aliphatic heterocycles. The average molecular weight is 429 g/mol. The van der Waals surface area contributed by atoms with Crippen molar-refractivity contribution in [3.05, 3.63) is 77.9 Å². The number of aromatic nitrogens is 2. The van der Waals surface area contributed by atoms with Crippen LogP contribution in [0.2, 0.25) is 0 Å². The minimum Gasteiger partial charge on any atom is -0.456 e. The van der Waals surface area contributed by atoms with E-state index in [-0.39, 0.29) is 5.91 Å². The quantitative estimate of drug-likeness (QED) is 0.561. The van der Waals surface area contributed by atoms with Crippen LogP contribution in [-0.4, -0.2) is 34.0 Å². The predicted molar refractivity (Wildman–Crippen MR) is 122 cm³/mol. The van der Waals surface area contributed by atoms with Gasteiger partial charge in [-0.2, -0.15) is 5.26 Å². The second kappa shape index (κ2) is 9.27. The van der Waals surface area contributed by atoms with Gasteiger partial charge in [-0.15, -0.1) is 0 Å². The van der Waals surface area contributed by atoms with Crippen molar-refractivity contribution in [2.75, 3.05) is 13.6 Å². The van der Waals surface area contributed by atoms with E-state index in [1.54, 1.807) is 18.6 Å². The minimum absolute atomic E-state index is 0.176. The first-order valence-corrected chi connectivity index (χ1v) is 11.1. The smallest absolute Gasteiger partial charge is 0.232 e. The summed E-state index contributed by atoms with van der Waals surface area (Å²) in [6.45, 7) is 3.52. The van der Waals surface area contributed by atoms with Crippen molar-refractivity contribution in [2.24, 2.45) is 0 Å². The van der Waals surface area contributed by atoms with Gasteiger partial charge in [0.25, 0.3) is 0 Å². The highest BCUT2D eigenvalue weighted by molar-refractivity contribution is 5.88. The number of nitrogens with zero attached hydrogens (tertiary/aromatic N) is 4. The van der Waals surface area contributed by atoms with Crippen LogP contribution in [0.5, 0.6) is 11.5 Å². The molecule has 6 heteroatoms. The Morgan fingerprint density at radius 2 is 2.09 bits per heavy atom. The number of likely N-dealkylation sites (N-methyl/N-ethyl adjacent to an activating group) is 1. The van der Waals surface area contributed by atoms with Crippen LogP contribution in [0.4, 0.5) is 0 Å². The van der Waals surface area contributed by atoms with E-state index >= 15 is 0 Å². The standard InChI is InChI=1S/C26H28N4O2/c1-3-26(11-4-5-13-29(2)25(26)31)22-7-6-8-23(16-22)32-24-15-20(9-10-21(24)17-27)18-30-14-12-28-19-30/h6-10,12,14-16,19H,3-5,11,13,18H2,1-2H3/t26-/m1/s1. The number of carbonyl (C=O) groups excluding carboxylic acids is 1. The lowest BCUT2D eigenvalue weighted by Crippen LogP contribution is -2.43. The number of likely N-dealkylation sites (tertiary alicyclic amines) is 1. The summed E-state index contributed by atoms with van der Waals surface area (Å²) in [5, 5.41) is 9.58. The van der Waals surface area contributed by atoms with E-state index in [9.17, 15) is 10.1 Å². The van der Waals surface area contributed by atoms with E-state index < -0.39 is 5.41 Å². The third-order valence-corrected chi connectivity index (χ3v) is 6.41. The molecule has 1 aromatic heterocycles. The van der Waals surface area contributed by atoms with Crippen molar-refractivity contribution in [1.82, 2.24) is 14.5 Å². The Labute approximate surface area is 189 Å². The molecule has 3 aromatic rings. The summed E-state index contributed by atoms with van der Waals surface area (Å²) in [6.07, 6.45) is 9.01. The molecule has 4 rings (SSSR count). The molecular formula is C26H28N4O2. The van der Waals surface area contributed by atoms with Crippen LogP contribution >= 0.6 is 0 Å². The van der Waals surface area contributed by atoms with Crippen molar-refractivity contribution < 1.29 is 9.53 Å². The van der Waals surface area contributed by atoms with E-state index in [2.05, 4.69) is 18.0 Å². The Balaban J connectivity index is 1.65. The van der Waals surface area contributed by atoms with Crippen molar-refractivity contribution in [2.45, 2.75) is 44.6 Å². The third kappa shape index (κ3) is 4.24. The zero-order chi connectivity index (χ0) is 22.6. The van der Waals surface area contributed by atoms with Gasteiger partial charge in [0.15, 0.2) is 0 Å². The fraction of sp³-hybridized carbons (Fsp3) is 0.346. The van der Waals surface area contributed by atoms with Gasteiger partial charge in [-0.05, 0) is 54.7 Å². The van der Waals surface area contributed by atoms with E-state index in [1.165, 1.54) is 0 Å². The number of imidazole rings is 1. The molecule has 0 radical (unpaired) electrons. The number of amides is 1. The van der Waals surface area contributed by atoms with Crippen LogP contribution in [0.1, 0.15) is 49.3 Å². The molecule has 164 valence electrons. The number of hydrogen-bond acceptors (Lipinski definition) is 4. The molecule has 0 saturated carbocycles. The maximum atomic E-state index is 13.3. The summed E-state index contributed by atoms with van der Waals surface area (Å²) in [7, 11) is 1.89. The molecular weight excluding hydrogens is 400 g/mol. The zero-order valence-electron chi connectivity index (χ0n) is 18.6. The van der Waals surface area contributed by atoms with Crippen molar-refractivity contribution in [3.8, 4) is 17.6 Å². The van der Waals surface area contributed by atoms with Crippen LogP contribution in [0.15, 0.2) is 61.2 Å². The molecule has 6 nitrogen and oxygen atoms in total. The monoisotopic (exact) mass is 428 g/mol. The SMILES string of the molecule is CC[C@]1(c2cccc(Oc3cc(Cn4ccnc4)ccc3C#N)c2)CCCCN(C)C1=O. The molecule has 1 fully saturated rings. The second-order valence-corrected chi connectivity index (χ2v) is 8.43. The van der Waals surface area contributed by atoms with Crippen LogP contribution in [-0.2, 0) is 16.8 Å². The van der Waals surface area contributed by atoms with Gasteiger partial charge in [0.2, 0.25) is 5.91 Å². The Morgan fingerprint density at radius 1 is 1.22 bits per heavy atom. The van der Waals surface area contributed by atoms with E-state index in [0.717, 1.165) is 43.4 Å². The van der Waals surface area contributed by atoms with Gasteiger partial charge in [-0.3, -0.25) is 4.79 Å². The fourth-order valence-electron chi connectivity index (χ4n) is 4.57. The van der Waals surface area contributed by atoms with Crippen molar-refractivity contribution in [1.29, 1.82) is 5.26 Å². The molecule has 0 N–H and O–H groups in total. The molecule has 2 aromatic carbocycles. The highest BCUT2D eigenvalue weighted by Gasteiger charge is 2.41. The van der Waals surface area contributed by atoms with Crippen LogP contribution in [0.25, 0.3) is 0 Å². The third-order valence-electron chi connectivity index (χ3n) is 6.41. The Hall–Kier alpha value is -3.59. The number of ether oxygens (including phenoxy) is 1. The van der Waals surface area contributed by atoms with E-state index in [4.69, 9.17) is 4.74 Å². The number of carbonyl (C=O) groups is 1. The van der Waals surface area contributed by atoms with Gasteiger partial charge in [-0.1, -0.05) is 31.5 Å². The Kier molecular flexibility index (Phi) is 6.27. The summed E-state index contributed by atoms with van der Waals surface area (Å²) in [5.74, 6) is 1.32. The first-order chi connectivity index (χ1) is 15.6. The van der Waals surface area contributed by atoms with Gasteiger partial charge in [0.05, 0.1) is 17.3 Å². The molecule has 0 aliphatic carbocycles. The lowest BCUT2D eigenvalue weighted by atomic mass is 9.73. The zero-order valence-corrected chi connectivity index (χ0v) is 18.6. The molecule has 1 amide bonds. The maximum Gasteiger partial charge on any atom is 0.232 e. The highest BCUT2D eigenvalue weighted by atomic mass is 16.5. The molecule has 1 atom stereocenters. The molecule has 0 unspecified atom stereocenters. The van der Waals surface area contributed by atoms with E-state index in [1.807, 2.05) is 59.1 Å². The summed E-state index contributed by atoms with van der Waals surface area (Å²) in [5.41, 5.74) is 1.93. The Bertz CT molecular complexity index is 1130. The summed E-state index contributed by atoms with van der Waals surface area (Å²) < 4.78 is 8.17. The van der Waals surface area contributed by atoms with Crippen LogP contribution in [0.3, 0.4) is 0 Å². The lowest BCUT2D eigenvalue weighted by Gasteiger charge is -2.33. The normalized spacial score (nSPS) is 18.8. The van der Waals surface area contributed by atoms with Crippen molar-refractivity contribution in [3.63, 3.8) is 0 Å². The molecule has 0 bridgehead atoms. The lowest BCUT2D eigenvalue weighted by molar-refractivity contribution is -0.135. The predicted octanol–water partition coefficient (Wildman–Crippen LogP) is 4.89. The first-order valence-electron chi connectivity index (χ1n) is 11.1. The number of hydrogen-bond donors (Lipinski definition) is 0. The molecule has 1 aliphatic rings. The number of nitriles is 1. The molecule has 1 saturated heterocycles. The van der Waals surface area contributed by atoms with Gasteiger partial charge in [0.1, 0.15) is 17.6 Å². The fourth-order valence-corrected chi connectivity index (χ4v) is 4.57. The van der Waals surface area contributed by atoms with Gasteiger partial charge < -0.3 is 14.2 Å². The van der Waals surface area contributed by atoms with Gasteiger partial charge >= 0.3 is 0 Å². The van der Waals surface area contributed by atoms with Crippen molar-refractivity contribution >= 4 is 5.91 Å². The average Bonchev–Trinajstić information content (AvgIpc) is 3.27. The summed E-state index contributed by atoms with van der Waals surface area (Å²) in [4.78, 5) is 19.2. The molecule has 2 heterocycles. The second-order valence-electron chi connectivity index (χ2n) is 8.43. The van der Waals surface area contributed by atoms with Crippen LogP contribution < -0.4 is 4.74 Å². The highest BCUT2D eigenvalue weighted by Crippen LogP contribution is 2.39. The maximum absolute atomic E-state index is 13.3. The van der Waals surface area contributed by atoms with Gasteiger partial charge in [0, 0.05) is 32.5 Å². The number of rotatable bonds is 6. The summed E-state index contributed by atoms with van der Waals surface area (Å²) >= 11 is 0. The largest absolute Gasteiger partial charge is 0.456 e. The van der Waals surface area contributed by atoms with E-state index in [0.29, 0.717) is 23.6 Å². The summed E-state index contributed by atoms with van der Waals surface area (Å²) in [6, 6.07) is 15.6. The Morgan fingerprint density at radius 3 is 2.84 bits per heavy atom. The topological polar surface area (TPSA) is 71.2 Å². The first kappa shape index (κ1) is 21.6. The van der Waals surface area contributed by atoms with Gasteiger partial charge in [-0.25, -0.2) is 4.98 Å². The minimum atomic E-state index is -0.536. The molecule has 32 heavy (non-hydrogen) atoms. The molecule has 0 spiro atoms. The number of benzene rings is 2.